The molecule has 0 saturated heterocycles. The van der Waals surface area contributed by atoms with Gasteiger partial charge in [0, 0.05) is 41.6 Å². The van der Waals surface area contributed by atoms with Gasteiger partial charge in [0.15, 0.2) is 0 Å². The minimum atomic E-state index is -3.69. The Balaban J connectivity index is 1.91. The molecule has 1 N–H and O–H groups in total. The third kappa shape index (κ3) is 5.51. The Kier molecular flexibility index (Phi) is 7.16. The molecule has 26 heavy (non-hydrogen) atoms. The predicted octanol–water partition coefficient (Wildman–Crippen LogP) is 3.57. The molecule has 2 aromatic rings. The van der Waals surface area contributed by atoms with Gasteiger partial charge in [-0.1, -0.05) is 33.6 Å². The normalized spacial score (nSPS) is 11.4. The largest absolute Gasteiger partial charge is 0.341 e. The van der Waals surface area contributed by atoms with Crippen LogP contribution >= 0.6 is 27.5 Å². The summed E-state index contributed by atoms with van der Waals surface area (Å²) in [5.41, 5.74) is 0.223. The second-order valence-electron chi connectivity index (χ2n) is 5.55. The van der Waals surface area contributed by atoms with E-state index in [1.807, 2.05) is 0 Å². The molecule has 0 atom stereocenters. The summed E-state index contributed by atoms with van der Waals surface area (Å²) in [4.78, 5) is 13.6. The highest BCUT2D eigenvalue weighted by atomic mass is 79.9. The summed E-state index contributed by atoms with van der Waals surface area (Å²) in [6.45, 7) is -0.0592. The summed E-state index contributed by atoms with van der Waals surface area (Å²) in [5, 5.41) is 0.237. The van der Waals surface area contributed by atoms with Crippen LogP contribution in [0.2, 0.25) is 5.02 Å². The maximum atomic E-state index is 13.8. The van der Waals surface area contributed by atoms with Gasteiger partial charge in [-0.05, 0) is 36.4 Å². The molecule has 0 unspecified atom stereocenters. The van der Waals surface area contributed by atoms with Crippen molar-refractivity contribution in [1.29, 1.82) is 0 Å². The van der Waals surface area contributed by atoms with Crippen LogP contribution in [-0.4, -0.2) is 32.8 Å². The van der Waals surface area contributed by atoms with Gasteiger partial charge in [-0.15, -0.1) is 0 Å². The molecule has 2 aromatic carbocycles. The first-order chi connectivity index (χ1) is 12.2. The summed E-state index contributed by atoms with van der Waals surface area (Å²) in [6.07, 6.45) is -0.0572. The first kappa shape index (κ1) is 20.8. The number of halogens is 3. The van der Waals surface area contributed by atoms with Gasteiger partial charge >= 0.3 is 0 Å². The second kappa shape index (κ2) is 8.94. The number of benzene rings is 2. The van der Waals surface area contributed by atoms with Crippen molar-refractivity contribution >= 4 is 43.5 Å². The molecule has 0 bridgehead atoms. The third-order valence-electron chi connectivity index (χ3n) is 3.64. The van der Waals surface area contributed by atoms with Crippen molar-refractivity contribution in [2.45, 2.75) is 17.9 Å². The fourth-order valence-electron chi connectivity index (χ4n) is 2.19. The summed E-state index contributed by atoms with van der Waals surface area (Å²) in [6, 6.07) is 10.5. The van der Waals surface area contributed by atoms with E-state index >= 15 is 0 Å². The van der Waals surface area contributed by atoms with Crippen LogP contribution in [0.1, 0.15) is 12.0 Å². The van der Waals surface area contributed by atoms with Crippen molar-refractivity contribution in [3.8, 4) is 0 Å². The maximum absolute atomic E-state index is 13.8. The molecule has 0 radical (unpaired) electrons. The summed E-state index contributed by atoms with van der Waals surface area (Å²) < 4.78 is 41.2. The highest BCUT2D eigenvalue weighted by Gasteiger charge is 2.17. The molecule has 0 aromatic heterocycles. The fourth-order valence-corrected chi connectivity index (χ4v) is 3.71. The van der Waals surface area contributed by atoms with Crippen molar-refractivity contribution in [3.63, 3.8) is 0 Å². The van der Waals surface area contributed by atoms with Gasteiger partial charge < -0.3 is 4.90 Å². The molecule has 0 heterocycles. The lowest BCUT2D eigenvalue weighted by atomic mass is 10.2. The summed E-state index contributed by atoms with van der Waals surface area (Å²) in [7, 11) is -2.19. The highest BCUT2D eigenvalue weighted by Crippen LogP contribution is 2.20. The second-order valence-corrected chi connectivity index (χ2v) is 8.64. The maximum Gasteiger partial charge on any atom is 0.240 e. The number of nitrogens with zero attached hydrogens (tertiary/aromatic N) is 1. The van der Waals surface area contributed by atoms with Crippen LogP contribution in [0.5, 0.6) is 0 Å². The summed E-state index contributed by atoms with van der Waals surface area (Å²) >= 11 is 9.18. The number of hydrogen-bond donors (Lipinski definition) is 1. The van der Waals surface area contributed by atoms with Gasteiger partial charge in [0.1, 0.15) is 5.82 Å². The Bertz CT molecular complexity index is 871. The molecule has 0 spiro atoms. The molecule has 0 aliphatic heterocycles. The minimum Gasteiger partial charge on any atom is -0.341 e. The average Bonchev–Trinajstić information content (AvgIpc) is 2.58. The molecule has 0 aliphatic rings. The quantitative estimate of drug-likeness (QED) is 0.683. The Morgan fingerprint density at radius 1 is 1.23 bits per heavy atom. The van der Waals surface area contributed by atoms with Gasteiger partial charge in [-0.25, -0.2) is 17.5 Å². The lowest BCUT2D eigenvalue weighted by Gasteiger charge is -2.18. The first-order valence-corrected chi connectivity index (χ1v) is 10.3. The van der Waals surface area contributed by atoms with Gasteiger partial charge in [-0.3, -0.25) is 4.79 Å². The fraction of sp³-hybridized carbons (Fsp3) is 0.235. The van der Waals surface area contributed by atoms with Crippen LogP contribution in [-0.2, 0) is 21.4 Å². The zero-order chi connectivity index (χ0) is 19.3. The Hall–Kier alpha value is -1.48. The zero-order valence-corrected chi connectivity index (χ0v) is 17.0. The van der Waals surface area contributed by atoms with Crippen LogP contribution < -0.4 is 4.72 Å². The van der Waals surface area contributed by atoms with Crippen LogP contribution in [0.25, 0.3) is 0 Å². The van der Waals surface area contributed by atoms with E-state index in [4.69, 9.17) is 11.6 Å². The van der Waals surface area contributed by atoms with E-state index in [1.165, 1.54) is 36.2 Å². The highest BCUT2D eigenvalue weighted by molar-refractivity contribution is 9.10. The Morgan fingerprint density at radius 3 is 2.50 bits per heavy atom. The summed E-state index contributed by atoms with van der Waals surface area (Å²) in [5.74, 6) is -0.823. The average molecular weight is 464 g/mol. The van der Waals surface area contributed by atoms with Crippen molar-refractivity contribution < 1.29 is 17.6 Å². The lowest BCUT2D eigenvalue weighted by molar-refractivity contribution is -0.130. The van der Waals surface area contributed by atoms with E-state index in [-0.39, 0.29) is 40.9 Å². The number of carbonyl (C=O) groups is 1. The van der Waals surface area contributed by atoms with E-state index in [0.717, 1.165) is 4.47 Å². The van der Waals surface area contributed by atoms with Crippen molar-refractivity contribution in [1.82, 2.24) is 9.62 Å². The first-order valence-electron chi connectivity index (χ1n) is 7.63. The molecule has 2 rings (SSSR count). The third-order valence-corrected chi connectivity index (χ3v) is 6.00. The van der Waals surface area contributed by atoms with Crippen LogP contribution in [0.15, 0.2) is 51.8 Å². The van der Waals surface area contributed by atoms with E-state index in [1.54, 1.807) is 18.2 Å². The molecule has 0 saturated carbocycles. The van der Waals surface area contributed by atoms with Gasteiger partial charge in [-0.2, -0.15) is 0 Å². The van der Waals surface area contributed by atoms with Crippen LogP contribution in [0.3, 0.4) is 0 Å². The lowest BCUT2D eigenvalue weighted by Crippen LogP contribution is -2.32. The van der Waals surface area contributed by atoms with Crippen molar-refractivity contribution in [2.75, 3.05) is 13.6 Å². The minimum absolute atomic E-state index is 0.00377. The molecule has 0 aliphatic carbocycles. The number of carbonyl (C=O) groups excluding carboxylic acids is 1. The molecule has 1 amide bonds. The van der Waals surface area contributed by atoms with Gasteiger partial charge in [0.05, 0.1) is 4.90 Å². The molecule has 9 heteroatoms. The van der Waals surface area contributed by atoms with E-state index in [0.29, 0.717) is 0 Å². The molecular formula is C17H17BrClFN2O3S. The Labute approximate surface area is 165 Å². The van der Waals surface area contributed by atoms with E-state index in [9.17, 15) is 17.6 Å². The van der Waals surface area contributed by atoms with E-state index in [2.05, 4.69) is 20.7 Å². The molecule has 0 fully saturated rings. The smallest absolute Gasteiger partial charge is 0.240 e. The standard InChI is InChI=1S/C17H17BrClFN2O3S/c1-22(11-14-15(19)3-2-4-16(14)20)17(23)9-10-21-26(24,25)13-7-5-12(18)6-8-13/h2-8,21H,9-11H2,1H3. The number of hydrogen-bond acceptors (Lipinski definition) is 3. The topological polar surface area (TPSA) is 66.5 Å². The monoisotopic (exact) mass is 462 g/mol. The van der Waals surface area contributed by atoms with E-state index < -0.39 is 15.8 Å². The number of sulfonamides is 1. The molecular weight excluding hydrogens is 447 g/mol. The Morgan fingerprint density at radius 2 is 1.88 bits per heavy atom. The predicted molar refractivity (Wildman–Crippen MR) is 102 cm³/mol. The number of amides is 1. The van der Waals surface area contributed by atoms with Crippen molar-refractivity contribution in [2.24, 2.45) is 0 Å². The number of nitrogens with one attached hydrogen (secondary N) is 1. The van der Waals surface area contributed by atoms with Crippen molar-refractivity contribution in [3.05, 3.63) is 63.3 Å². The van der Waals surface area contributed by atoms with Crippen LogP contribution in [0, 0.1) is 5.82 Å². The SMILES string of the molecule is CN(Cc1c(F)cccc1Cl)C(=O)CCNS(=O)(=O)c1ccc(Br)cc1. The molecule has 140 valence electrons. The molecule has 5 nitrogen and oxygen atoms in total. The number of rotatable bonds is 7. The zero-order valence-electron chi connectivity index (χ0n) is 13.9. The van der Waals surface area contributed by atoms with Gasteiger partial charge in [0.2, 0.25) is 15.9 Å². The van der Waals surface area contributed by atoms with Gasteiger partial charge in [0.25, 0.3) is 0 Å². The van der Waals surface area contributed by atoms with Crippen LogP contribution in [0.4, 0.5) is 4.39 Å².